The largest absolute Gasteiger partial charge is 0.494 e. The fourth-order valence-electron chi connectivity index (χ4n) is 1.24. The molecular formula is C12H15ClINO3. The highest BCUT2D eigenvalue weighted by Crippen LogP contribution is 2.33. The lowest BCUT2D eigenvalue weighted by Gasteiger charge is -2.20. The van der Waals surface area contributed by atoms with Crippen LogP contribution in [-0.4, -0.2) is 18.8 Å². The molecular weight excluding hydrogens is 368 g/mol. The minimum atomic E-state index is -0.546. The molecule has 0 unspecified atom stereocenters. The molecule has 100 valence electrons. The molecule has 0 radical (unpaired) electrons. The van der Waals surface area contributed by atoms with Crippen molar-refractivity contribution in [3.63, 3.8) is 0 Å². The Balaban J connectivity index is 2.94. The minimum Gasteiger partial charge on any atom is -0.494 e. The lowest BCUT2D eigenvalue weighted by Crippen LogP contribution is -2.27. The van der Waals surface area contributed by atoms with E-state index in [4.69, 9.17) is 21.1 Å². The predicted molar refractivity (Wildman–Crippen MR) is 80.6 cm³/mol. The van der Waals surface area contributed by atoms with E-state index in [0.29, 0.717) is 16.5 Å². The van der Waals surface area contributed by atoms with Crippen molar-refractivity contribution in [3.8, 4) is 5.75 Å². The van der Waals surface area contributed by atoms with E-state index in [-0.39, 0.29) is 0 Å². The van der Waals surface area contributed by atoms with E-state index >= 15 is 0 Å². The second-order valence-corrected chi connectivity index (χ2v) is 6.19. The smallest absolute Gasteiger partial charge is 0.412 e. The Labute approximate surface area is 125 Å². The Bertz CT molecular complexity index is 457. The number of rotatable bonds is 2. The van der Waals surface area contributed by atoms with Crippen LogP contribution in [0.1, 0.15) is 20.8 Å². The molecule has 0 aliphatic carbocycles. The summed E-state index contributed by atoms with van der Waals surface area (Å²) in [6.45, 7) is 5.41. The normalized spacial score (nSPS) is 11.0. The molecule has 1 aromatic rings. The second-order valence-electron chi connectivity index (χ2n) is 4.59. The number of benzene rings is 1. The quantitative estimate of drug-likeness (QED) is 0.775. The van der Waals surface area contributed by atoms with Gasteiger partial charge < -0.3 is 9.47 Å². The molecule has 0 aliphatic heterocycles. The van der Waals surface area contributed by atoms with Gasteiger partial charge >= 0.3 is 6.09 Å². The van der Waals surface area contributed by atoms with Gasteiger partial charge in [-0.2, -0.15) is 0 Å². The number of hydrogen-bond acceptors (Lipinski definition) is 3. The summed E-state index contributed by atoms with van der Waals surface area (Å²) in [6.07, 6.45) is -0.527. The molecule has 0 saturated carbocycles. The van der Waals surface area contributed by atoms with Crippen molar-refractivity contribution < 1.29 is 14.3 Å². The average Bonchev–Trinajstić information content (AvgIpc) is 2.18. The van der Waals surface area contributed by atoms with Crippen LogP contribution in [0.2, 0.25) is 5.02 Å². The van der Waals surface area contributed by atoms with Crippen LogP contribution >= 0.6 is 34.2 Å². The highest BCUT2D eigenvalue weighted by Gasteiger charge is 2.19. The van der Waals surface area contributed by atoms with E-state index in [0.717, 1.165) is 3.57 Å². The van der Waals surface area contributed by atoms with Crippen molar-refractivity contribution in [2.45, 2.75) is 26.4 Å². The number of carbonyl (C=O) groups is 1. The summed E-state index contributed by atoms with van der Waals surface area (Å²) in [7, 11) is 1.52. The number of carbonyl (C=O) groups excluding carboxylic acids is 1. The Morgan fingerprint density at radius 2 is 2.00 bits per heavy atom. The van der Waals surface area contributed by atoms with Gasteiger partial charge in [-0.05, 0) is 49.4 Å². The number of halogens is 2. The summed E-state index contributed by atoms with van der Waals surface area (Å²) in [5, 5.41) is 3.21. The third-order valence-electron chi connectivity index (χ3n) is 1.86. The van der Waals surface area contributed by atoms with Crippen molar-refractivity contribution >= 4 is 46.0 Å². The van der Waals surface area contributed by atoms with Gasteiger partial charge in [0.15, 0.2) is 0 Å². The van der Waals surface area contributed by atoms with Crippen LogP contribution in [0.4, 0.5) is 10.5 Å². The van der Waals surface area contributed by atoms with Crippen LogP contribution in [-0.2, 0) is 4.74 Å². The van der Waals surface area contributed by atoms with Gasteiger partial charge in [0, 0.05) is 14.7 Å². The third-order valence-corrected chi connectivity index (χ3v) is 2.93. The molecule has 0 aromatic heterocycles. The number of ether oxygens (including phenoxy) is 2. The molecule has 18 heavy (non-hydrogen) atoms. The number of amides is 1. The fraction of sp³-hybridized carbons (Fsp3) is 0.417. The van der Waals surface area contributed by atoms with E-state index in [1.54, 1.807) is 32.9 Å². The maximum atomic E-state index is 11.7. The van der Waals surface area contributed by atoms with E-state index in [1.807, 2.05) is 0 Å². The molecule has 4 nitrogen and oxygen atoms in total. The van der Waals surface area contributed by atoms with Gasteiger partial charge in [0.25, 0.3) is 0 Å². The molecule has 0 aliphatic rings. The zero-order valence-electron chi connectivity index (χ0n) is 10.6. The monoisotopic (exact) mass is 383 g/mol. The lowest BCUT2D eigenvalue weighted by molar-refractivity contribution is 0.0635. The van der Waals surface area contributed by atoms with E-state index in [9.17, 15) is 4.79 Å². The first kappa shape index (κ1) is 15.4. The van der Waals surface area contributed by atoms with Crippen molar-refractivity contribution in [2.24, 2.45) is 0 Å². The standard InChI is InChI=1S/C12H15ClINO3/c1-12(2,3)18-11(16)15-10-8(14)5-7(13)6-9(10)17-4/h5-6H,1-4H3,(H,15,16). The molecule has 1 N–H and O–H groups in total. The van der Waals surface area contributed by atoms with Crippen LogP contribution in [0.3, 0.4) is 0 Å². The molecule has 0 heterocycles. The molecule has 0 fully saturated rings. The molecule has 0 spiro atoms. The number of nitrogens with one attached hydrogen (secondary N) is 1. The average molecular weight is 384 g/mol. The summed E-state index contributed by atoms with van der Waals surface area (Å²) in [5.74, 6) is 0.498. The maximum Gasteiger partial charge on any atom is 0.412 e. The Kier molecular flexibility index (Phi) is 5.10. The Morgan fingerprint density at radius 3 is 2.50 bits per heavy atom. The van der Waals surface area contributed by atoms with Crippen LogP contribution in [0.5, 0.6) is 5.75 Å². The summed E-state index contributed by atoms with van der Waals surface area (Å²) in [6, 6.07) is 3.37. The highest BCUT2D eigenvalue weighted by molar-refractivity contribution is 14.1. The van der Waals surface area contributed by atoms with Gasteiger partial charge in [-0.15, -0.1) is 0 Å². The molecule has 1 rings (SSSR count). The minimum absolute atomic E-state index is 0.498. The molecule has 1 amide bonds. The van der Waals surface area contributed by atoms with Crippen molar-refractivity contribution in [1.82, 2.24) is 0 Å². The summed E-state index contributed by atoms with van der Waals surface area (Å²) >= 11 is 7.99. The summed E-state index contributed by atoms with van der Waals surface area (Å²) in [5.41, 5.74) is 0.00610. The van der Waals surface area contributed by atoms with Crippen molar-refractivity contribution in [2.75, 3.05) is 12.4 Å². The van der Waals surface area contributed by atoms with Gasteiger partial charge in [0.05, 0.1) is 12.8 Å². The fourth-order valence-corrected chi connectivity index (χ4v) is 2.37. The van der Waals surface area contributed by atoms with E-state index in [1.165, 1.54) is 7.11 Å². The zero-order chi connectivity index (χ0) is 13.9. The third kappa shape index (κ3) is 4.53. The summed E-state index contributed by atoms with van der Waals surface area (Å²) < 4.78 is 11.1. The number of hydrogen-bond donors (Lipinski definition) is 1. The molecule has 6 heteroatoms. The predicted octanol–water partition coefficient (Wildman–Crippen LogP) is 4.30. The molecule has 0 saturated heterocycles. The first-order valence-electron chi connectivity index (χ1n) is 5.26. The van der Waals surface area contributed by atoms with Gasteiger partial charge in [-0.25, -0.2) is 4.79 Å². The first-order valence-corrected chi connectivity index (χ1v) is 6.71. The number of anilines is 1. The molecule has 0 atom stereocenters. The zero-order valence-corrected chi connectivity index (χ0v) is 13.5. The Morgan fingerprint density at radius 1 is 1.39 bits per heavy atom. The van der Waals surface area contributed by atoms with Crippen molar-refractivity contribution in [1.29, 1.82) is 0 Å². The van der Waals surface area contributed by atoms with Crippen LogP contribution < -0.4 is 10.1 Å². The van der Waals surface area contributed by atoms with Crippen LogP contribution in [0.25, 0.3) is 0 Å². The maximum absolute atomic E-state index is 11.7. The first-order chi connectivity index (χ1) is 8.23. The molecule has 1 aromatic carbocycles. The highest BCUT2D eigenvalue weighted by atomic mass is 127. The SMILES string of the molecule is COc1cc(Cl)cc(I)c1NC(=O)OC(C)(C)C. The van der Waals surface area contributed by atoms with Gasteiger partial charge in [0.2, 0.25) is 0 Å². The van der Waals surface area contributed by atoms with E-state index < -0.39 is 11.7 Å². The summed E-state index contributed by atoms with van der Waals surface area (Å²) in [4.78, 5) is 11.7. The number of methoxy groups -OCH3 is 1. The second kappa shape index (κ2) is 5.97. The van der Waals surface area contributed by atoms with Crippen molar-refractivity contribution in [3.05, 3.63) is 20.7 Å². The Hall–Kier alpha value is -0.690. The van der Waals surface area contributed by atoms with Crippen LogP contribution in [0, 0.1) is 3.57 Å². The van der Waals surface area contributed by atoms with Gasteiger partial charge in [-0.3, -0.25) is 5.32 Å². The lowest BCUT2D eigenvalue weighted by atomic mass is 10.2. The van der Waals surface area contributed by atoms with E-state index in [2.05, 4.69) is 27.9 Å². The van der Waals surface area contributed by atoms with Gasteiger partial charge in [-0.1, -0.05) is 11.6 Å². The van der Waals surface area contributed by atoms with Crippen LogP contribution in [0.15, 0.2) is 12.1 Å². The topological polar surface area (TPSA) is 47.6 Å². The molecule has 0 bridgehead atoms. The van der Waals surface area contributed by atoms with Gasteiger partial charge in [0.1, 0.15) is 11.4 Å².